The van der Waals surface area contributed by atoms with Crippen LogP contribution in [0.25, 0.3) is 11.3 Å². The quantitative estimate of drug-likeness (QED) is 0.713. The SMILES string of the molecule is COC(=O)CCc1cc(-c2cncc(OCC3CCCN3C)c2)on1. The molecule has 25 heavy (non-hydrogen) atoms. The standard InChI is InChI=1S/C18H23N3O4/c1-21-7-3-4-15(21)12-24-16-8-13(10-19-11-16)17-9-14(20-25-17)5-6-18(22)23-2/h8-11,15H,3-7,12H2,1-2H3. The molecular formula is C18H23N3O4. The van der Waals surface area contributed by atoms with Crippen molar-refractivity contribution < 1.29 is 18.8 Å². The molecule has 0 saturated carbocycles. The number of carbonyl (C=O) groups excluding carboxylic acids is 1. The Labute approximate surface area is 146 Å². The molecule has 7 nitrogen and oxygen atoms in total. The molecule has 0 bridgehead atoms. The van der Waals surface area contributed by atoms with Crippen molar-refractivity contribution in [2.45, 2.75) is 31.7 Å². The summed E-state index contributed by atoms with van der Waals surface area (Å²) in [5.41, 5.74) is 1.51. The molecule has 1 atom stereocenters. The number of esters is 1. The molecule has 0 spiro atoms. The van der Waals surface area contributed by atoms with E-state index in [-0.39, 0.29) is 12.4 Å². The van der Waals surface area contributed by atoms with Crippen molar-refractivity contribution in [3.8, 4) is 17.1 Å². The number of pyridine rings is 1. The number of nitrogens with zero attached hydrogens (tertiary/aromatic N) is 3. The lowest BCUT2D eigenvalue weighted by atomic mass is 10.2. The van der Waals surface area contributed by atoms with Gasteiger partial charge in [-0.05, 0) is 32.5 Å². The molecule has 1 fully saturated rings. The minimum atomic E-state index is -0.265. The largest absolute Gasteiger partial charge is 0.490 e. The predicted molar refractivity (Wildman–Crippen MR) is 91.2 cm³/mol. The number of ether oxygens (including phenoxy) is 2. The fraction of sp³-hybridized carbons (Fsp3) is 0.500. The Hall–Kier alpha value is -2.41. The number of hydrogen-bond acceptors (Lipinski definition) is 7. The maximum atomic E-state index is 11.2. The Bertz CT molecular complexity index is 716. The third kappa shape index (κ3) is 4.57. The lowest BCUT2D eigenvalue weighted by molar-refractivity contribution is -0.140. The summed E-state index contributed by atoms with van der Waals surface area (Å²) < 4.78 is 15.9. The third-order valence-corrected chi connectivity index (χ3v) is 4.48. The molecule has 2 aromatic heterocycles. The lowest BCUT2D eigenvalue weighted by Crippen LogP contribution is -2.30. The van der Waals surface area contributed by atoms with Crippen LogP contribution in [-0.4, -0.2) is 54.4 Å². The van der Waals surface area contributed by atoms with Gasteiger partial charge in [-0.1, -0.05) is 5.16 Å². The number of rotatable bonds is 7. The number of methoxy groups -OCH3 is 1. The smallest absolute Gasteiger partial charge is 0.305 e. The fourth-order valence-corrected chi connectivity index (χ4v) is 2.91. The highest BCUT2D eigenvalue weighted by Gasteiger charge is 2.21. The molecule has 1 unspecified atom stereocenters. The van der Waals surface area contributed by atoms with Gasteiger partial charge in [-0.2, -0.15) is 0 Å². The van der Waals surface area contributed by atoms with E-state index in [1.807, 2.05) is 12.1 Å². The average Bonchev–Trinajstić information content (AvgIpc) is 3.27. The van der Waals surface area contributed by atoms with E-state index in [4.69, 9.17) is 9.26 Å². The topological polar surface area (TPSA) is 77.7 Å². The Morgan fingerprint density at radius 2 is 2.28 bits per heavy atom. The van der Waals surface area contributed by atoms with Crippen LogP contribution in [0.5, 0.6) is 5.75 Å². The molecule has 0 N–H and O–H groups in total. The maximum absolute atomic E-state index is 11.2. The van der Waals surface area contributed by atoms with Crippen molar-refractivity contribution in [2.24, 2.45) is 0 Å². The third-order valence-electron chi connectivity index (χ3n) is 4.48. The van der Waals surface area contributed by atoms with Crippen LogP contribution in [0.15, 0.2) is 29.0 Å². The summed E-state index contributed by atoms with van der Waals surface area (Å²) in [7, 11) is 3.50. The molecule has 3 heterocycles. The first-order chi connectivity index (χ1) is 12.2. The van der Waals surface area contributed by atoms with Gasteiger partial charge in [0.1, 0.15) is 12.4 Å². The summed E-state index contributed by atoms with van der Waals surface area (Å²) >= 11 is 0. The van der Waals surface area contributed by atoms with Crippen LogP contribution < -0.4 is 4.74 Å². The van der Waals surface area contributed by atoms with E-state index in [1.165, 1.54) is 13.5 Å². The Kier molecular flexibility index (Phi) is 5.65. The molecule has 0 aliphatic carbocycles. The van der Waals surface area contributed by atoms with E-state index >= 15 is 0 Å². The zero-order chi connectivity index (χ0) is 17.6. The second kappa shape index (κ2) is 8.11. The Balaban J connectivity index is 1.61. The number of aryl methyl sites for hydroxylation is 1. The van der Waals surface area contributed by atoms with Crippen molar-refractivity contribution in [3.63, 3.8) is 0 Å². The van der Waals surface area contributed by atoms with Crippen LogP contribution in [0, 0.1) is 0 Å². The van der Waals surface area contributed by atoms with E-state index in [2.05, 4.69) is 26.8 Å². The number of likely N-dealkylation sites (N-methyl/N-ethyl adjacent to an activating group) is 1. The van der Waals surface area contributed by atoms with Crippen LogP contribution in [0.2, 0.25) is 0 Å². The number of likely N-dealkylation sites (tertiary alicyclic amines) is 1. The van der Waals surface area contributed by atoms with Gasteiger partial charge in [0.25, 0.3) is 0 Å². The normalized spacial score (nSPS) is 17.6. The highest BCUT2D eigenvalue weighted by Crippen LogP contribution is 2.24. The van der Waals surface area contributed by atoms with E-state index in [1.54, 1.807) is 12.4 Å². The van der Waals surface area contributed by atoms with Gasteiger partial charge in [0.05, 0.1) is 25.4 Å². The molecular weight excluding hydrogens is 322 g/mol. The molecule has 1 aliphatic rings. The van der Waals surface area contributed by atoms with Crippen molar-refractivity contribution in [1.82, 2.24) is 15.0 Å². The van der Waals surface area contributed by atoms with Gasteiger partial charge in [-0.3, -0.25) is 9.78 Å². The summed E-state index contributed by atoms with van der Waals surface area (Å²) in [4.78, 5) is 17.7. The van der Waals surface area contributed by atoms with Gasteiger partial charge >= 0.3 is 5.97 Å². The first-order valence-corrected chi connectivity index (χ1v) is 8.46. The molecule has 0 amide bonds. The van der Waals surface area contributed by atoms with Crippen LogP contribution in [0.1, 0.15) is 25.0 Å². The van der Waals surface area contributed by atoms with Crippen molar-refractivity contribution in [1.29, 1.82) is 0 Å². The molecule has 0 radical (unpaired) electrons. The van der Waals surface area contributed by atoms with Gasteiger partial charge in [0, 0.05) is 30.3 Å². The molecule has 1 saturated heterocycles. The lowest BCUT2D eigenvalue weighted by Gasteiger charge is -2.19. The van der Waals surface area contributed by atoms with Crippen LogP contribution >= 0.6 is 0 Å². The van der Waals surface area contributed by atoms with Gasteiger partial charge in [0.2, 0.25) is 0 Å². The van der Waals surface area contributed by atoms with Crippen LogP contribution in [-0.2, 0) is 16.0 Å². The van der Waals surface area contributed by atoms with Crippen molar-refractivity contribution in [3.05, 3.63) is 30.2 Å². The van der Waals surface area contributed by atoms with Gasteiger partial charge in [-0.15, -0.1) is 0 Å². The van der Waals surface area contributed by atoms with Crippen LogP contribution in [0.4, 0.5) is 0 Å². The van der Waals surface area contributed by atoms with Gasteiger partial charge in [-0.25, -0.2) is 0 Å². The van der Waals surface area contributed by atoms with Crippen molar-refractivity contribution in [2.75, 3.05) is 27.3 Å². The summed E-state index contributed by atoms with van der Waals surface area (Å²) in [6, 6.07) is 4.17. The molecule has 3 rings (SSSR count). The molecule has 0 aromatic carbocycles. The first kappa shape index (κ1) is 17.4. The minimum Gasteiger partial charge on any atom is -0.490 e. The average molecular weight is 345 g/mol. The van der Waals surface area contributed by atoms with E-state index < -0.39 is 0 Å². The summed E-state index contributed by atoms with van der Waals surface area (Å²) in [5, 5.41) is 3.99. The number of carbonyl (C=O) groups is 1. The first-order valence-electron chi connectivity index (χ1n) is 8.46. The summed E-state index contributed by atoms with van der Waals surface area (Å²) in [6.45, 7) is 1.78. The van der Waals surface area contributed by atoms with Crippen molar-refractivity contribution >= 4 is 5.97 Å². The monoisotopic (exact) mass is 345 g/mol. The highest BCUT2D eigenvalue weighted by molar-refractivity contribution is 5.69. The molecule has 7 heteroatoms. The predicted octanol–water partition coefficient (Wildman–Crippen LogP) is 2.32. The van der Waals surface area contributed by atoms with E-state index in [9.17, 15) is 4.79 Å². The molecule has 1 aliphatic heterocycles. The number of aromatic nitrogens is 2. The Morgan fingerprint density at radius 1 is 1.40 bits per heavy atom. The zero-order valence-electron chi connectivity index (χ0n) is 14.6. The van der Waals surface area contributed by atoms with Crippen LogP contribution in [0.3, 0.4) is 0 Å². The second-order valence-electron chi connectivity index (χ2n) is 6.26. The van der Waals surface area contributed by atoms with E-state index in [0.717, 1.165) is 18.5 Å². The second-order valence-corrected chi connectivity index (χ2v) is 6.26. The maximum Gasteiger partial charge on any atom is 0.305 e. The Morgan fingerprint density at radius 3 is 3.04 bits per heavy atom. The van der Waals surface area contributed by atoms with Gasteiger partial charge in [0.15, 0.2) is 5.76 Å². The minimum absolute atomic E-state index is 0.265. The molecule has 134 valence electrons. The zero-order valence-corrected chi connectivity index (χ0v) is 14.6. The van der Waals surface area contributed by atoms with E-state index in [0.29, 0.717) is 36.3 Å². The highest BCUT2D eigenvalue weighted by atomic mass is 16.5. The fourth-order valence-electron chi connectivity index (χ4n) is 2.91. The molecule has 2 aromatic rings. The number of hydrogen-bond donors (Lipinski definition) is 0. The van der Waals surface area contributed by atoms with Gasteiger partial charge < -0.3 is 18.9 Å². The summed E-state index contributed by atoms with van der Waals surface area (Å²) in [5.74, 6) is 1.06. The summed E-state index contributed by atoms with van der Waals surface area (Å²) in [6.07, 6.45) is 6.54.